The number of aromatic amines is 1. The number of H-pyrrole nitrogens is 1. The van der Waals surface area contributed by atoms with Gasteiger partial charge in [0.2, 0.25) is 10.0 Å². The van der Waals surface area contributed by atoms with E-state index in [1.165, 1.54) is 12.3 Å². The first kappa shape index (κ1) is 11.2. The van der Waals surface area contributed by atoms with Crippen molar-refractivity contribution in [2.24, 2.45) is 11.7 Å². The molecule has 2 heterocycles. The lowest BCUT2D eigenvalue weighted by molar-refractivity contribution is -0.00923. The average molecular weight is 257 g/mol. The van der Waals surface area contributed by atoms with Crippen LogP contribution in [0.25, 0.3) is 0 Å². The summed E-state index contributed by atoms with van der Waals surface area (Å²) in [7, 11) is -3.49. The van der Waals surface area contributed by atoms with Crippen LogP contribution in [0.2, 0.25) is 0 Å². The topological polar surface area (TPSA) is 97.2 Å². The Morgan fingerprint density at radius 1 is 1.53 bits per heavy atom. The second kappa shape index (κ2) is 3.81. The Labute approximate surface area is 99.6 Å². The molecule has 1 aliphatic carbocycles. The van der Waals surface area contributed by atoms with Crippen LogP contribution in [-0.4, -0.2) is 38.2 Å². The van der Waals surface area contributed by atoms with Gasteiger partial charge in [0.15, 0.2) is 0 Å². The molecule has 94 valence electrons. The molecule has 0 aromatic carbocycles. The van der Waals surface area contributed by atoms with E-state index in [1.54, 1.807) is 6.20 Å². The molecule has 3 rings (SSSR count). The van der Waals surface area contributed by atoms with Crippen molar-refractivity contribution in [3.63, 3.8) is 0 Å². The fraction of sp³-hybridized carbons (Fsp3) is 0.600. The van der Waals surface area contributed by atoms with Crippen LogP contribution in [0.5, 0.6) is 0 Å². The van der Waals surface area contributed by atoms with Gasteiger partial charge >= 0.3 is 0 Å². The maximum absolute atomic E-state index is 12.0. The number of rotatable bonds is 3. The Morgan fingerprint density at radius 2 is 2.35 bits per heavy atom. The molecule has 1 aliphatic heterocycles. The quantitative estimate of drug-likeness (QED) is 0.674. The molecule has 4 N–H and O–H groups in total. The average Bonchev–Trinajstić information content (AvgIpc) is 2.95. The summed E-state index contributed by atoms with van der Waals surface area (Å²) in [5.74, 6) is 0.300. The van der Waals surface area contributed by atoms with Crippen LogP contribution in [0, 0.1) is 5.92 Å². The van der Waals surface area contributed by atoms with Crippen LogP contribution in [-0.2, 0) is 14.8 Å². The predicted octanol–water partition coefficient (Wildman–Crippen LogP) is -0.592. The Kier molecular flexibility index (Phi) is 2.51. The van der Waals surface area contributed by atoms with Crippen LogP contribution in [0.3, 0.4) is 0 Å². The van der Waals surface area contributed by atoms with Gasteiger partial charge in [0, 0.05) is 31.0 Å². The summed E-state index contributed by atoms with van der Waals surface area (Å²) in [5, 5.41) is 0. The van der Waals surface area contributed by atoms with Gasteiger partial charge in [-0.25, -0.2) is 13.1 Å². The number of sulfonamides is 1. The molecule has 4 atom stereocenters. The van der Waals surface area contributed by atoms with E-state index in [2.05, 4.69) is 9.71 Å². The third-order valence-corrected chi connectivity index (χ3v) is 5.07. The van der Waals surface area contributed by atoms with Crippen LogP contribution in [0.4, 0.5) is 0 Å². The van der Waals surface area contributed by atoms with Gasteiger partial charge in [-0.2, -0.15) is 0 Å². The molecular formula is C10H15N3O3S. The van der Waals surface area contributed by atoms with Crippen LogP contribution in [0.15, 0.2) is 23.4 Å². The molecule has 1 aromatic rings. The van der Waals surface area contributed by atoms with E-state index in [4.69, 9.17) is 10.5 Å². The molecule has 1 saturated heterocycles. The Hall–Kier alpha value is -0.890. The van der Waals surface area contributed by atoms with Gasteiger partial charge in [-0.15, -0.1) is 0 Å². The highest BCUT2D eigenvalue weighted by atomic mass is 32.2. The first-order valence-electron chi connectivity index (χ1n) is 5.62. The van der Waals surface area contributed by atoms with Gasteiger partial charge in [0.05, 0.1) is 17.0 Å². The highest BCUT2D eigenvalue weighted by Gasteiger charge is 2.53. The van der Waals surface area contributed by atoms with E-state index < -0.39 is 10.0 Å². The third kappa shape index (κ3) is 1.70. The molecule has 0 radical (unpaired) electrons. The normalized spacial score (nSPS) is 36.5. The fourth-order valence-corrected chi connectivity index (χ4v) is 3.87. The lowest BCUT2D eigenvalue weighted by atomic mass is 9.73. The smallest absolute Gasteiger partial charge is 0.242 e. The number of fused-ring (bicyclic) bond motifs is 1. The third-order valence-electron chi connectivity index (χ3n) is 3.62. The number of aromatic nitrogens is 1. The minimum atomic E-state index is -3.49. The minimum absolute atomic E-state index is 0.0567. The van der Waals surface area contributed by atoms with Gasteiger partial charge in [-0.1, -0.05) is 0 Å². The maximum atomic E-state index is 12.0. The Balaban J connectivity index is 1.76. The molecule has 1 aromatic heterocycles. The van der Waals surface area contributed by atoms with Gasteiger partial charge in [-0.05, 0) is 12.5 Å². The zero-order chi connectivity index (χ0) is 12.0. The summed E-state index contributed by atoms with van der Waals surface area (Å²) < 4.78 is 32.1. The molecule has 4 unspecified atom stereocenters. The summed E-state index contributed by atoms with van der Waals surface area (Å²) in [6, 6.07) is 1.07. The van der Waals surface area contributed by atoms with Crippen molar-refractivity contribution in [1.29, 1.82) is 0 Å². The predicted molar refractivity (Wildman–Crippen MR) is 60.7 cm³/mol. The van der Waals surface area contributed by atoms with Gasteiger partial charge in [-0.3, -0.25) is 0 Å². The monoisotopic (exact) mass is 257 g/mol. The van der Waals surface area contributed by atoms with Crippen molar-refractivity contribution in [3.8, 4) is 0 Å². The lowest BCUT2D eigenvalue weighted by Gasteiger charge is -2.45. The van der Waals surface area contributed by atoms with E-state index >= 15 is 0 Å². The fourth-order valence-electron chi connectivity index (χ4n) is 2.62. The van der Waals surface area contributed by atoms with Crippen LogP contribution in [0.1, 0.15) is 6.42 Å². The Morgan fingerprint density at radius 3 is 3.06 bits per heavy atom. The zero-order valence-electron chi connectivity index (χ0n) is 9.17. The molecule has 0 amide bonds. The highest BCUT2D eigenvalue weighted by Crippen LogP contribution is 2.38. The Bertz CT molecular complexity index is 499. The first-order valence-corrected chi connectivity index (χ1v) is 7.10. The zero-order valence-corrected chi connectivity index (χ0v) is 9.98. The van der Waals surface area contributed by atoms with Crippen molar-refractivity contribution in [3.05, 3.63) is 18.5 Å². The van der Waals surface area contributed by atoms with Crippen molar-refractivity contribution in [1.82, 2.24) is 9.71 Å². The SMILES string of the molecule is NC1C2CCOC2C1NS(=O)(=O)c1cc[nH]c1. The summed E-state index contributed by atoms with van der Waals surface area (Å²) in [6.07, 6.45) is 3.89. The number of nitrogens with two attached hydrogens (primary N) is 1. The molecule has 2 fully saturated rings. The molecule has 17 heavy (non-hydrogen) atoms. The molecule has 7 heteroatoms. The standard InChI is InChI=1S/C10H15N3O3S/c11-8-7-2-4-16-10(7)9(8)13-17(14,15)6-1-3-12-5-6/h1,3,5,7-10,12-13H,2,4,11H2. The molecule has 6 nitrogen and oxygen atoms in total. The van der Waals surface area contributed by atoms with Crippen LogP contribution < -0.4 is 10.5 Å². The second-order valence-corrected chi connectivity index (χ2v) is 6.27. The number of hydrogen-bond donors (Lipinski definition) is 3. The van der Waals surface area contributed by atoms with Crippen molar-refractivity contribution in [2.75, 3.05) is 6.61 Å². The van der Waals surface area contributed by atoms with E-state index in [1.807, 2.05) is 0 Å². The number of nitrogens with one attached hydrogen (secondary N) is 2. The molecule has 0 bridgehead atoms. The first-order chi connectivity index (χ1) is 8.09. The second-order valence-electron chi connectivity index (χ2n) is 4.56. The van der Waals surface area contributed by atoms with Gasteiger partial charge in [0.1, 0.15) is 0 Å². The van der Waals surface area contributed by atoms with Crippen molar-refractivity contribution in [2.45, 2.75) is 29.5 Å². The largest absolute Gasteiger partial charge is 0.376 e. The summed E-state index contributed by atoms with van der Waals surface area (Å²) in [6.45, 7) is 0.672. The summed E-state index contributed by atoms with van der Waals surface area (Å²) >= 11 is 0. The summed E-state index contributed by atoms with van der Waals surface area (Å²) in [4.78, 5) is 2.95. The van der Waals surface area contributed by atoms with E-state index in [0.29, 0.717) is 12.5 Å². The highest BCUT2D eigenvalue weighted by molar-refractivity contribution is 7.89. The molecule has 0 spiro atoms. The van der Waals surface area contributed by atoms with E-state index in [0.717, 1.165) is 6.42 Å². The number of hydrogen-bond acceptors (Lipinski definition) is 4. The lowest BCUT2D eigenvalue weighted by Crippen LogP contribution is -2.68. The molecule has 2 aliphatic rings. The van der Waals surface area contributed by atoms with Crippen molar-refractivity contribution >= 4 is 10.0 Å². The van der Waals surface area contributed by atoms with Crippen LogP contribution >= 0.6 is 0 Å². The minimum Gasteiger partial charge on any atom is -0.376 e. The van der Waals surface area contributed by atoms with E-state index in [9.17, 15) is 8.42 Å². The van der Waals surface area contributed by atoms with E-state index in [-0.39, 0.29) is 23.1 Å². The maximum Gasteiger partial charge on any atom is 0.242 e. The number of ether oxygens (including phenoxy) is 1. The summed E-state index contributed by atoms with van der Waals surface area (Å²) in [5.41, 5.74) is 5.95. The van der Waals surface area contributed by atoms with Gasteiger partial charge < -0.3 is 15.5 Å². The van der Waals surface area contributed by atoms with Crippen molar-refractivity contribution < 1.29 is 13.2 Å². The molecule has 1 saturated carbocycles. The van der Waals surface area contributed by atoms with Gasteiger partial charge in [0.25, 0.3) is 0 Å². The molecular weight excluding hydrogens is 242 g/mol.